The van der Waals surface area contributed by atoms with Crippen LogP contribution >= 0.6 is 0 Å². The smallest absolute Gasteiger partial charge is 0.155 e. The van der Waals surface area contributed by atoms with E-state index in [2.05, 4.69) is 26.7 Å². The monoisotopic (exact) mass is 264 g/mol. The predicted octanol–water partition coefficient (Wildman–Crippen LogP) is 1.62. The zero-order valence-electron chi connectivity index (χ0n) is 11.7. The molecule has 5 heteroatoms. The molecule has 0 amide bonds. The molecule has 2 heterocycles. The highest BCUT2D eigenvalue weighted by atomic mass is 16.3. The quantitative estimate of drug-likeness (QED) is 0.766. The largest absolute Gasteiger partial charge is 0.392 e. The Morgan fingerprint density at radius 2 is 2.47 bits per heavy atom. The molecule has 2 atom stereocenters. The maximum atomic E-state index is 9.97. The van der Waals surface area contributed by atoms with E-state index in [4.69, 9.17) is 0 Å². The van der Waals surface area contributed by atoms with Gasteiger partial charge in [-0.25, -0.2) is 4.98 Å². The van der Waals surface area contributed by atoms with E-state index < -0.39 is 0 Å². The maximum absolute atomic E-state index is 9.97. The molecular weight excluding hydrogens is 240 g/mol. The molecule has 0 spiro atoms. The van der Waals surface area contributed by atoms with Crippen molar-refractivity contribution in [3.8, 4) is 0 Å². The molecule has 1 saturated heterocycles. The summed E-state index contributed by atoms with van der Waals surface area (Å²) in [5.41, 5.74) is 0. The fourth-order valence-corrected chi connectivity index (χ4v) is 2.67. The number of aromatic nitrogens is 3. The molecule has 0 saturated carbocycles. The second-order valence-corrected chi connectivity index (χ2v) is 5.40. The van der Waals surface area contributed by atoms with E-state index in [0.29, 0.717) is 5.92 Å². The Bertz CT molecular complexity index is 404. The number of likely N-dealkylation sites (tertiary alicyclic amines) is 1. The maximum Gasteiger partial charge on any atom is 0.155 e. The second kappa shape index (κ2) is 6.82. The number of hydrogen-bond acceptors (Lipinski definition) is 4. The number of β-amino-alcohol motifs (C(OH)–C–C–N with tert-alkyl or cyclic N) is 1. The average molecular weight is 264 g/mol. The third-order valence-corrected chi connectivity index (χ3v) is 3.66. The summed E-state index contributed by atoms with van der Waals surface area (Å²) in [7, 11) is 0. The summed E-state index contributed by atoms with van der Waals surface area (Å²) in [6.07, 6.45) is 5.55. The van der Waals surface area contributed by atoms with Gasteiger partial charge in [-0.2, -0.15) is 5.10 Å². The molecule has 0 radical (unpaired) electrons. The minimum Gasteiger partial charge on any atom is -0.392 e. The number of aliphatic hydroxyl groups is 1. The van der Waals surface area contributed by atoms with Crippen LogP contribution in [0.25, 0.3) is 0 Å². The van der Waals surface area contributed by atoms with Gasteiger partial charge in [0.05, 0.1) is 6.10 Å². The Labute approximate surface area is 114 Å². The Morgan fingerprint density at radius 1 is 1.63 bits per heavy atom. The second-order valence-electron chi connectivity index (χ2n) is 5.40. The first-order valence-electron chi connectivity index (χ1n) is 7.09. The minimum absolute atomic E-state index is 0.259. The minimum atomic E-state index is -0.259. The number of nitrogens with one attached hydrogen (secondary N) is 1. The number of aliphatic hydroxyl groups excluding tert-OH is 1. The lowest BCUT2D eigenvalue weighted by Gasteiger charge is -2.32. The third kappa shape index (κ3) is 4.14. The van der Waals surface area contributed by atoms with Crippen molar-refractivity contribution >= 4 is 0 Å². The summed E-state index contributed by atoms with van der Waals surface area (Å²) < 4.78 is 0. The van der Waals surface area contributed by atoms with E-state index >= 15 is 0 Å². The van der Waals surface area contributed by atoms with Crippen molar-refractivity contribution in [2.24, 2.45) is 0 Å². The first-order chi connectivity index (χ1) is 9.19. The molecule has 2 rings (SSSR count). The number of piperidine rings is 1. The van der Waals surface area contributed by atoms with Gasteiger partial charge in [0.1, 0.15) is 5.82 Å². The highest BCUT2D eigenvalue weighted by Crippen LogP contribution is 2.24. The summed E-state index contributed by atoms with van der Waals surface area (Å²) >= 11 is 0. The van der Waals surface area contributed by atoms with Gasteiger partial charge in [0.2, 0.25) is 0 Å². The first kappa shape index (κ1) is 14.2. The lowest BCUT2D eigenvalue weighted by Crippen LogP contribution is -2.39. The van der Waals surface area contributed by atoms with Crippen LogP contribution in [0, 0.1) is 6.92 Å². The molecule has 19 heavy (non-hydrogen) atoms. The molecule has 0 aromatic carbocycles. The highest BCUT2D eigenvalue weighted by Gasteiger charge is 2.25. The molecule has 2 N–H and O–H groups in total. The van der Waals surface area contributed by atoms with E-state index in [9.17, 15) is 5.11 Å². The normalized spacial score (nSPS) is 22.3. The Kier molecular flexibility index (Phi) is 5.10. The SMILES string of the molecule is C=CCCC(O)CN1CCCC(c2n[nH]c(C)n2)C1. The van der Waals surface area contributed by atoms with Gasteiger partial charge in [-0.15, -0.1) is 6.58 Å². The van der Waals surface area contributed by atoms with Gasteiger partial charge in [0.15, 0.2) is 5.82 Å². The van der Waals surface area contributed by atoms with Gasteiger partial charge in [-0.05, 0) is 39.2 Å². The molecular formula is C14H24N4O. The Morgan fingerprint density at radius 3 is 3.16 bits per heavy atom. The van der Waals surface area contributed by atoms with Gasteiger partial charge in [-0.1, -0.05) is 6.08 Å². The molecule has 0 bridgehead atoms. The van der Waals surface area contributed by atoms with Gasteiger partial charge < -0.3 is 10.0 Å². The van der Waals surface area contributed by atoms with Crippen molar-refractivity contribution in [1.29, 1.82) is 0 Å². The number of rotatable bonds is 6. The number of nitrogens with zero attached hydrogens (tertiary/aromatic N) is 3. The van der Waals surface area contributed by atoms with Crippen LogP contribution < -0.4 is 0 Å². The molecule has 1 fully saturated rings. The van der Waals surface area contributed by atoms with Gasteiger partial charge in [0, 0.05) is 19.0 Å². The highest BCUT2D eigenvalue weighted by molar-refractivity contribution is 4.99. The molecule has 1 aromatic heterocycles. The third-order valence-electron chi connectivity index (χ3n) is 3.66. The van der Waals surface area contributed by atoms with Crippen molar-refractivity contribution in [2.75, 3.05) is 19.6 Å². The number of allylic oxidation sites excluding steroid dienone is 1. The van der Waals surface area contributed by atoms with E-state index in [1.807, 2.05) is 13.0 Å². The predicted molar refractivity (Wildman–Crippen MR) is 75.0 cm³/mol. The summed E-state index contributed by atoms with van der Waals surface area (Å²) in [6, 6.07) is 0. The van der Waals surface area contributed by atoms with Crippen LogP contribution in [0.5, 0.6) is 0 Å². The van der Waals surface area contributed by atoms with Crippen LogP contribution in [0.4, 0.5) is 0 Å². The van der Waals surface area contributed by atoms with Crippen LogP contribution in [0.3, 0.4) is 0 Å². The molecule has 5 nitrogen and oxygen atoms in total. The van der Waals surface area contributed by atoms with Crippen molar-refractivity contribution in [1.82, 2.24) is 20.1 Å². The number of aryl methyl sites for hydroxylation is 1. The number of aromatic amines is 1. The summed E-state index contributed by atoms with van der Waals surface area (Å²) in [6.45, 7) is 8.37. The van der Waals surface area contributed by atoms with E-state index in [0.717, 1.165) is 57.0 Å². The van der Waals surface area contributed by atoms with Crippen LogP contribution in [-0.4, -0.2) is 50.9 Å². The zero-order valence-corrected chi connectivity index (χ0v) is 11.7. The summed E-state index contributed by atoms with van der Waals surface area (Å²) in [4.78, 5) is 6.76. The van der Waals surface area contributed by atoms with Gasteiger partial charge >= 0.3 is 0 Å². The molecule has 0 aliphatic carbocycles. The van der Waals surface area contributed by atoms with E-state index in [1.165, 1.54) is 0 Å². The van der Waals surface area contributed by atoms with Crippen molar-refractivity contribution in [3.63, 3.8) is 0 Å². The fourth-order valence-electron chi connectivity index (χ4n) is 2.67. The standard InChI is InChI=1S/C14H24N4O/c1-3-4-7-13(19)10-18-8-5-6-12(9-18)14-15-11(2)16-17-14/h3,12-13,19H,1,4-10H2,2H3,(H,15,16,17). The summed E-state index contributed by atoms with van der Waals surface area (Å²) in [5, 5.41) is 17.1. The van der Waals surface area contributed by atoms with E-state index in [1.54, 1.807) is 0 Å². The topological polar surface area (TPSA) is 65.0 Å². The Balaban J connectivity index is 1.85. The van der Waals surface area contributed by atoms with Gasteiger partial charge in [-0.3, -0.25) is 5.10 Å². The molecule has 2 unspecified atom stereocenters. The lowest BCUT2D eigenvalue weighted by molar-refractivity contribution is 0.0892. The molecule has 1 aliphatic rings. The first-order valence-corrected chi connectivity index (χ1v) is 7.09. The number of hydrogen-bond donors (Lipinski definition) is 2. The van der Waals surface area contributed by atoms with Crippen LogP contribution in [0.15, 0.2) is 12.7 Å². The Hall–Kier alpha value is -1.20. The molecule has 1 aromatic rings. The zero-order chi connectivity index (χ0) is 13.7. The van der Waals surface area contributed by atoms with Crippen LogP contribution in [0.1, 0.15) is 43.3 Å². The average Bonchev–Trinajstić information content (AvgIpc) is 2.83. The van der Waals surface area contributed by atoms with Crippen LogP contribution in [0.2, 0.25) is 0 Å². The van der Waals surface area contributed by atoms with Crippen LogP contribution in [-0.2, 0) is 0 Å². The van der Waals surface area contributed by atoms with Gasteiger partial charge in [0.25, 0.3) is 0 Å². The van der Waals surface area contributed by atoms with E-state index in [-0.39, 0.29) is 6.10 Å². The molecule has 1 aliphatic heterocycles. The summed E-state index contributed by atoms with van der Waals surface area (Å²) in [5.74, 6) is 2.19. The van der Waals surface area contributed by atoms with Crippen molar-refractivity contribution < 1.29 is 5.11 Å². The fraction of sp³-hybridized carbons (Fsp3) is 0.714. The molecule has 106 valence electrons. The number of H-pyrrole nitrogens is 1. The van der Waals surface area contributed by atoms with Crippen molar-refractivity contribution in [2.45, 2.75) is 44.6 Å². The lowest BCUT2D eigenvalue weighted by atomic mass is 9.97. The van der Waals surface area contributed by atoms with Crippen molar-refractivity contribution in [3.05, 3.63) is 24.3 Å².